The van der Waals surface area contributed by atoms with Crippen molar-refractivity contribution >= 4 is 22.7 Å². The summed E-state index contributed by atoms with van der Waals surface area (Å²) in [4.78, 5) is 33.4. The third kappa shape index (κ3) is 6.77. The molecule has 4 rings (SSSR count). The molecule has 0 aliphatic rings. The first kappa shape index (κ1) is 26.9. The molecule has 4 aromatic rings. The van der Waals surface area contributed by atoms with Gasteiger partial charge in [0.15, 0.2) is 0 Å². The number of hydrogen-bond donors (Lipinski definition) is 1. The van der Waals surface area contributed by atoms with E-state index in [1.807, 2.05) is 30.5 Å². The number of carbonyl (C=O) groups excluding carboxylic acids is 2. The highest BCUT2D eigenvalue weighted by atomic mass is 19.1. The third-order valence-corrected chi connectivity index (χ3v) is 6.48. The number of benzene rings is 3. The summed E-state index contributed by atoms with van der Waals surface area (Å²) < 4.78 is 23.9. The molecule has 0 aliphatic carbocycles. The van der Waals surface area contributed by atoms with E-state index in [9.17, 15) is 14.0 Å². The fraction of sp³-hybridized carbons (Fsp3) is 0.267. The monoisotopic (exact) mass is 517 g/mol. The second-order valence-electron chi connectivity index (χ2n) is 9.00. The van der Waals surface area contributed by atoms with Crippen molar-refractivity contribution < 1.29 is 23.5 Å². The molecule has 1 aromatic heterocycles. The predicted octanol–water partition coefficient (Wildman–Crippen LogP) is 4.68. The van der Waals surface area contributed by atoms with E-state index >= 15 is 0 Å². The Morgan fingerprint density at radius 2 is 1.63 bits per heavy atom. The van der Waals surface area contributed by atoms with Crippen LogP contribution in [0.25, 0.3) is 10.9 Å². The van der Waals surface area contributed by atoms with Crippen molar-refractivity contribution in [2.75, 3.05) is 40.5 Å². The topological polar surface area (TPSA) is 74.9 Å². The van der Waals surface area contributed by atoms with Gasteiger partial charge in [0.2, 0.25) is 5.91 Å². The number of halogens is 1. The summed E-state index contributed by atoms with van der Waals surface area (Å²) in [6.45, 7) is 1.19. The summed E-state index contributed by atoms with van der Waals surface area (Å²) in [5, 5.41) is 1.11. The number of carbonyl (C=O) groups is 2. The van der Waals surface area contributed by atoms with Crippen LogP contribution in [0, 0.1) is 5.82 Å². The van der Waals surface area contributed by atoms with Crippen molar-refractivity contribution in [1.29, 1.82) is 0 Å². The van der Waals surface area contributed by atoms with Gasteiger partial charge < -0.3 is 24.3 Å². The van der Waals surface area contributed by atoms with Crippen LogP contribution in [0.2, 0.25) is 0 Å². The number of nitrogens with one attached hydrogen (secondary N) is 1. The summed E-state index contributed by atoms with van der Waals surface area (Å²) in [5.74, 6) is -0.159. The maximum Gasteiger partial charge on any atom is 0.254 e. The van der Waals surface area contributed by atoms with Crippen LogP contribution in [-0.2, 0) is 22.5 Å². The Balaban J connectivity index is 1.53. The van der Waals surface area contributed by atoms with Crippen LogP contribution < -0.4 is 4.74 Å². The highest BCUT2D eigenvalue weighted by molar-refractivity contribution is 5.96. The highest BCUT2D eigenvalue weighted by Crippen LogP contribution is 2.19. The number of fused-ring (bicyclic) bond motifs is 1. The van der Waals surface area contributed by atoms with Crippen LogP contribution in [0.4, 0.5) is 4.39 Å². The Hall–Kier alpha value is -4.17. The molecule has 0 unspecified atom stereocenters. The Kier molecular flexibility index (Phi) is 9.11. The summed E-state index contributed by atoms with van der Waals surface area (Å²) in [6, 6.07) is 20.9. The van der Waals surface area contributed by atoms with E-state index in [4.69, 9.17) is 9.47 Å². The van der Waals surface area contributed by atoms with Crippen molar-refractivity contribution in [3.63, 3.8) is 0 Å². The Bertz CT molecular complexity index is 1350. The zero-order valence-electron chi connectivity index (χ0n) is 21.7. The van der Waals surface area contributed by atoms with Crippen molar-refractivity contribution in [3.05, 3.63) is 102 Å². The van der Waals surface area contributed by atoms with E-state index in [0.29, 0.717) is 37.4 Å². The second-order valence-corrected chi connectivity index (χ2v) is 9.00. The third-order valence-electron chi connectivity index (χ3n) is 6.48. The molecule has 0 radical (unpaired) electrons. The number of aromatic amines is 1. The van der Waals surface area contributed by atoms with Gasteiger partial charge in [-0.1, -0.05) is 30.3 Å². The first-order valence-electron chi connectivity index (χ1n) is 12.5. The lowest BCUT2D eigenvalue weighted by molar-refractivity contribution is -0.132. The predicted molar refractivity (Wildman–Crippen MR) is 145 cm³/mol. The maximum atomic E-state index is 13.6. The summed E-state index contributed by atoms with van der Waals surface area (Å²) in [5.41, 5.74) is 3.40. The molecule has 0 spiro atoms. The normalized spacial score (nSPS) is 10.9. The smallest absolute Gasteiger partial charge is 0.254 e. The standard InChI is InChI=1S/C30H32FN3O4/c1-37-18-17-34(30(36)23-9-13-26(38-2)14-10-23)21-29(35)33(20-22-7-11-25(31)12-8-22)16-15-24-19-32-28-6-4-3-5-27(24)28/h3-14,19,32H,15-18,20-21H2,1-2H3. The van der Waals surface area contributed by atoms with Crippen molar-refractivity contribution in [1.82, 2.24) is 14.8 Å². The van der Waals surface area contributed by atoms with Gasteiger partial charge in [-0.3, -0.25) is 9.59 Å². The molecule has 0 aliphatic heterocycles. The number of para-hydroxylation sites is 1. The van der Waals surface area contributed by atoms with Crippen molar-refractivity contribution in [3.8, 4) is 5.75 Å². The second kappa shape index (κ2) is 12.9. The lowest BCUT2D eigenvalue weighted by Gasteiger charge is -2.28. The lowest BCUT2D eigenvalue weighted by Crippen LogP contribution is -2.44. The molecular formula is C30H32FN3O4. The van der Waals surface area contributed by atoms with Gasteiger partial charge in [0.1, 0.15) is 18.1 Å². The van der Waals surface area contributed by atoms with Crippen molar-refractivity contribution in [2.24, 2.45) is 0 Å². The van der Waals surface area contributed by atoms with Gasteiger partial charge in [0.05, 0.1) is 13.7 Å². The minimum atomic E-state index is -0.332. The number of amides is 2. The van der Waals surface area contributed by atoms with Crippen LogP contribution in [0.5, 0.6) is 5.75 Å². The van der Waals surface area contributed by atoms with Crippen LogP contribution in [-0.4, -0.2) is 67.1 Å². The number of methoxy groups -OCH3 is 2. The van der Waals surface area contributed by atoms with Gasteiger partial charge in [-0.2, -0.15) is 0 Å². The number of nitrogens with zero attached hydrogens (tertiary/aromatic N) is 2. The van der Waals surface area contributed by atoms with Crippen LogP contribution in [0.15, 0.2) is 79.0 Å². The average Bonchev–Trinajstić information content (AvgIpc) is 3.37. The lowest BCUT2D eigenvalue weighted by atomic mass is 10.1. The first-order chi connectivity index (χ1) is 18.5. The number of H-pyrrole nitrogens is 1. The first-order valence-corrected chi connectivity index (χ1v) is 12.5. The van der Waals surface area contributed by atoms with Crippen molar-refractivity contribution in [2.45, 2.75) is 13.0 Å². The molecule has 0 saturated heterocycles. The summed E-state index contributed by atoms with van der Waals surface area (Å²) in [6.07, 6.45) is 2.59. The highest BCUT2D eigenvalue weighted by Gasteiger charge is 2.23. The largest absolute Gasteiger partial charge is 0.497 e. The maximum absolute atomic E-state index is 13.6. The van der Waals surface area contributed by atoms with E-state index in [-0.39, 0.29) is 30.7 Å². The molecule has 7 nitrogen and oxygen atoms in total. The van der Waals surface area contributed by atoms with Crippen LogP contribution in [0.3, 0.4) is 0 Å². The fourth-order valence-electron chi connectivity index (χ4n) is 4.33. The zero-order chi connectivity index (χ0) is 26.9. The SMILES string of the molecule is COCCN(CC(=O)N(CCc1c[nH]c2ccccc12)Cc1ccc(F)cc1)C(=O)c1ccc(OC)cc1. The van der Waals surface area contributed by atoms with E-state index in [1.54, 1.807) is 55.5 Å². The molecule has 3 aromatic carbocycles. The zero-order valence-corrected chi connectivity index (χ0v) is 21.7. The Morgan fingerprint density at radius 3 is 2.34 bits per heavy atom. The molecular weight excluding hydrogens is 485 g/mol. The molecule has 198 valence electrons. The fourth-order valence-corrected chi connectivity index (χ4v) is 4.33. The van der Waals surface area contributed by atoms with E-state index in [1.165, 1.54) is 17.0 Å². The van der Waals surface area contributed by atoms with Gasteiger partial charge in [0.25, 0.3) is 5.91 Å². The van der Waals surface area contributed by atoms with Gasteiger partial charge in [-0.15, -0.1) is 0 Å². The van der Waals surface area contributed by atoms with Gasteiger partial charge in [-0.05, 0) is 60.0 Å². The molecule has 1 heterocycles. The molecule has 8 heteroatoms. The van der Waals surface area contributed by atoms with Crippen LogP contribution >= 0.6 is 0 Å². The van der Waals surface area contributed by atoms with Gasteiger partial charge in [-0.25, -0.2) is 4.39 Å². The quantitative estimate of drug-likeness (QED) is 0.296. The molecule has 2 amide bonds. The molecule has 0 saturated carbocycles. The minimum Gasteiger partial charge on any atom is -0.497 e. The number of aromatic nitrogens is 1. The van der Waals surface area contributed by atoms with E-state index < -0.39 is 0 Å². The van der Waals surface area contributed by atoms with Gasteiger partial charge in [0, 0.05) is 49.4 Å². The molecule has 1 N–H and O–H groups in total. The van der Waals surface area contributed by atoms with E-state index in [0.717, 1.165) is 22.0 Å². The minimum absolute atomic E-state index is 0.108. The van der Waals surface area contributed by atoms with Gasteiger partial charge >= 0.3 is 0 Å². The Morgan fingerprint density at radius 1 is 0.895 bits per heavy atom. The average molecular weight is 518 g/mol. The summed E-state index contributed by atoms with van der Waals surface area (Å²) >= 11 is 0. The molecule has 0 atom stereocenters. The Labute approximate surface area is 221 Å². The summed E-state index contributed by atoms with van der Waals surface area (Å²) in [7, 11) is 3.12. The molecule has 38 heavy (non-hydrogen) atoms. The van der Waals surface area contributed by atoms with Crippen LogP contribution in [0.1, 0.15) is 21.5 Å². The number of rotatable bonds is 12. The number of ether oxygens (including phenoxy) is 2. The number of hydrogen-bond acceptors (Lipinski definition) is 4. The molecule has 0 fully saturated rings. The van der Waals surface area contributed by atoms with E-state index in [2.05, 4.69) is 4.98 Å². The molecule has 0 bridgehead atoms.